The van der Waals surface area contributed by atoms with E-state index in [-0.39, 0.29) is 30.6 Å². The Hall–Kier alpha value is -2.29. The second-order valence-corrected chi connectivity index (χ2v) is 6.46. The number of anilines is 1. The molecular formula is C20H28Cl2N4O4. The molecule has 10 heteroatoms. The Kier molecular flexibility index (Phi) is 10.7. The van der Waals surface area contributed by atoms with Crippen LogP contribution in [0.4, 0.5) is 5.95 Å². The van der Waals surface area contributed by atoms with E-state index in [9.17, 15) is 4.79 Å². The van der Waals surface area contributed by atoms with Crippen LogP contribution in [0, 0.1) is 0 Å². The first-order valence-corrected chi connectivity index (χ1v) is 9.23. The summed E-state index contributed by atoms with van der Waals surface area (Å²) in [6, 6.07) is 5.22. The lowest BCUT2D eigenvalue weighted by Gasteiger charge is -2.34. The topological polar surface area (TPSA) is 77.0 Å². The van der Waals surface area contributed by atoms with Gasteiger partial charge in [-0.2, -0.15) is 0 Å². The Labute approximate surface area is 189 Å². The minimum absolute atomic E-state index is 0. The Bertz CT molecular complexity index is 778. The Balaban J connectivity index is 0.00000225. The third-order valence-corrected chi connectivity index (χ3v) is 4.85. The number of hydrogen-bond acceptors (Lipinski definition) is 8. The van der Waals surface area contributed by atoms with E-state index in [0.29, 0.717) is 35.8 Å². The van der Waals surface area contributed by atoms with Crippen LogP contribution in [0.3, 0.4) is 0 Å². The molecule has 0 amide bonds. The molecule has 1 aliphatic heterocycles. The second kappa shape index (κ2) is 12.4. The molecule has 0 bridgehead atoms. The first-order chi connectivity index (χ1) is 13.7. The number of piperazine rings is 1. The quantitative estimate of drug-likeness (QED) is 0.558. The summed E-state index contributed by atoms with van der Waals surface area (Å²) in [6.07, 6.45) is 3.94. The van der Waals surface area contributed by atoms with Crippen molar-refractivity contribution in [2.45, 2.75) is 6.42 Å². The zero-order valence-electron chi connectivity index (χ0n) is 17.4. The zero-order chi connectivity index (χ0) is 19.9. The van der Waals surface area contributed by atoms with Crippen molar-refractivity contribution in [1.82, 2.24) is 14.9 Å². The maximum atomic E-state index is 12.7. The minimum atomic E-state index is 0. The fourth-order valence-corrected chi connectivity index (χ4v) is 3.27. The standard InChI is InChI=1S/C20H26N4O4.2ClH/c1-26-17-13-15(14-18(27-2)19(17)28-3)16(25)5-8-23-9-11-24(12-10-23)20-21-6-4-7-22-20;;/h4,6-7,13-14H,5,8-12H2,1-3H3;2*1H. The molecule has 0 saturated carbocycles. The van der Waals surface area contributed by atoms with Gasteiger partial charge < -0.3 is 19.1 Å². The zero-order valence-corrected chi connectivity index (χ0v) is 19.0. The molecule has 1 saturated heterocycles. The van der Waals surface area contributed by atoms with Crippen molar-refractivity contribution in [2.75, 3.05) is 59.0 Å². The smallest absolute Gasteiger partial charge is 0.225 e. The van der Waals surface area contributed by atoms with E-state index in [1.165, 1.54) is 0 Å². The number of nitrogens with zero attached hydrogens (tertiary/aromatic N) is 4. The summed E-state index contributed by atoms with van der Waals surface area (Å²) >= 11 is 0. The van der Waals surface area contributed by atoms with E-state index in [1.807, 2.05) is 6.07 Å². The SMILES string of the molecule is COc1cc(C(=O)CCN2CCN(c3ncccn3)CC2)cc(OC)c1OC.Cl.Cl. The van der Waals surface area contributed by atoms with Crippen LogP contribution in [0.25, 0.3) is 0 Å². The highest BCUT2D eigenvalue weighted by molar-refractivity contribution is 5.97. The summed E-state index contributed by atoms with van der Waals surface area (Å²) in [7, 11) is 4.63. The number of carbonyl (C=O) groups excluding carboxylic acids is 1. The largest absolute Gasteiger partial charge is 0.493 e. The van der Waals surface area contributed by atoms with Gasteiger partial charge in [-0.05, 0) is 18.2 Å². The van der Waals surface area contributed by atoms with Crippen LogP contribution in [0.2, 0.25) is 0 Å². The van der Waals surface area contributed by atoms with E-state index >= 15 is 0 Å². The fourth-order valence-electron chi connectivity index (χ4n) is 3.27. The van der Waals surface area contributed by atoms with E-state index in [2.05, 4.69) is 19.8 Å². The van der Waals surface area contributed by atoms with Gasteiger partial charge in [0.15, 0.2) is 17.3 Å². The molecule has 8 nitrogen and oxygen atoms in total. The fraction of sp³-hybridized carbons (Fsp3) is 0.450. The minimum Gasteiger partial charge on any atom is -0.493 e. The molecule has 0 unspecified atom stereocenters. The van der Waals surface area contributed by atoms with Gasteiger partial charge in [-0.15, -0.1) is 24.8 Å². The molecule has 0 aliphatic carbocycles. The number of carbonyl (C=O) groups is 1. The predicted octanol–water partition coefficient (Wildman–Crippen LogP) is 2.74. The van der Waals surface area contributed by atoms with Gasteiger partial charge in [-0.3, -0.25) is 9.69 Å². The van der Waals surface area contributed by atoms with Crippen LogP contribution in [-0.4, -0.2) is 74.7 Å². The molecule has 1 fully saturated rings. The number of ketones is 1. The van der Waals surface area contributed by atoms with Crippen LogP contribution >= 0.6 is 24.8 Å². The number of aromatic nitrogens is 2. The predicted molar refractivity (Wildman–Crippen MR) is 120 cm³/mol. The molecule has 1 aromatic heterocycles. The summed E-state index contributed by atoms with van der Waals surface area (Å²) in [6.45, 7) is 4.16. The number of Topliss-reactive ketones (excluding diaryl/α,β-unsaturated/α-hetero) is 1. The van der Waals surface area contributed by atoms with Gasteiger partial charge in [0.05, 0.1) is 21.3 Å². The van der Waals surface area contributed by atoms with Crippen LogP contribution < -0.4 is 19.1 Å². The van der Waals surface area contributed by atoms with Gasteiger partial charge in [0.25, 0.3) is 0 Å². The van der Waals surface area contributed by atoms with Crippen LogP contribution in [0.1, 0.15) is 16.8 Å². The molecule has 2 heterocycles. The highest BCUT2D eigenvalue weighted by Gasteiger charge is 2.21. The number of methoxy groups -OCH3 is 3. The average Bonchev–Trinajstić information content (AvgIpc) is 2.77. The third-order valence-electron chi connectivity index (χ3n) is 4.85. The van der Waals surface area contributed by atoms with Crippen LogP contribution in [0.15, 0.2) is 30.6 Å². The Morgan fingerprint density at radius 2 is 1.50 bits per heavy atom. The Morgan fingerprint density at radius 3 is 2.00 bits per heavy atom. The van der Waals surface area contributed by atoms with Crippen molar-refractivity contribution < 1.29 is 19.0 Å². The lowest BCUT2D eigenvalue weighted by Crippen LogP contribution is -2.47. The summed E-state index contributed by atoms with van der Waals surface area (Å²) in [4.78, 5) is 25.7. The number of hydrogen-bond donors (Lipinski definition) is 0. The molecule has 1 aromatic carbocycles. The normalized spacial score (nSPS) is 13.6. The molecule has 0 spiro atoms. The number of ether oxygens (including phenoxy) is 3. The van der Waals surface area contributed by atoms with Crippen molar-refractivity contribution in [2.24, 2.45) is 0 Å². The lowest BCUT2D eigenvalue weighted by atomic mass is 10.1. The first-order valence-electron chi connectivity index (χ1n) is 9.23. The van der Waals surface area contributed by atoms with E-state index in [4.69, 9.17) is 14.2 Å². The number of benzene rings is 1. The lowest BCUT2D eigenvalue weighted by molar-refractivity contribution is 0.0961. The molecule has 0 atom stereocenters. The van der Waals surface area contributed by atoms with Gasteiger partial charge in [0.1, 0.15) is 0 Å². The van der Waals surface area contributed by atoms with E-state index < -0.39 is 0 Å². The summed E-state index contributed by atoms with van der Waals surface area (Å²) in [5, 5.41) is 0. The van der Waals surface area contributed by atoms with Gasteiger partial charge in [0, 0.05) is 57.1 Å². The summed E-state index contributed by atoms with van der Waals surface area (Å²) in [5.41, 5.74) is 0.561. The molecular weight excluding hydrogens is 431 g/mol. The summed E-state index contributed by atoms with van der Waals surface area (Å²) in [5.74, 6) is 2.27. The third kappa shape index (κ3) is 6.10. The van der Waals surface area contributed by atoms with Crippen LogP contribution in [-0.2, 0) is 0 Å². The van der Waals surface area contributed by atoms with Gasteiger partial charge >= 0.3 is 0 Å². The molecule has 166 valence electrons. The second-order valence-electron chi connectivity index (χ2n) is 6.46. The van der Waals surface area contributed by atoms with E-state index in [0.717, 1.165) is 32.1 Å². The molecule has 1 aliphatic rings. The van der Waals surface area contributed by atoms with Crippen molar-refractivity contribution in [3.8, 4) is 17.2 Å². The van der Waals surface area contributed by atoms with Crippen molar-refractivity contribution in [3.05, 3.63) is 36.2 Å². The monoisotopic (exact) mass is 458 g/mol. The van der Waals surface area contributed by atoms with Gasteiger partial charge in [-0.25, -0.2) is 9.97 Å². The molecule has 30 heavy (non-hydrogen) atoms. The van der Waals surface area contributed by atoms with Crippen molar-refractivity contribution in [3.63, 3.8) is 0 Å². The maximum absolute atomic E-state index is 12.7. The van der Waals surface area contributed by atoms with Crippen molar-refractivity contribution >= 4 is 36.5 Å². The first kappa shape index (κ1) is 25.7. The van der Waals surface area contributed by atoms with Gasteiger partial charge in [0.2, 0.25) is 11.7 Å². The van der Waals surface area contributed by atoms with Crippen molar-refractivity contribution in [1.29, 1.82) is 0 Å². The molecule has 2 aromatic rings. The average molecular weight is 459 g/mol. The number of halogens is 2. The summed E-state index contributed by atoms with van der Waals surface area (Å²) < 4.78 is 16.0. The van der Waals surface area contributed by atoms with Gasteiger partial charge in [-0.1, -0.05) is 0 Å². The highest BCUT2D eigenvalue weighted by Crippen LogP contribution is 2.38. The molecule has 0 radical (unpaired) electrons. The molecule has 0 N–H and O–H groups in total. The van der Waals surface area contributed by atoms with Crippen LogP contribution in [0.5, 0.6) is 17.2 Å². The molecule has 3 rings (SSSR count). The Morgan fingerprint density at radius 1 is 0.933 bits per heavy atom. The maximum Gasteiger partial charge on any atom is 0.225 e. The van der Waals surface area contributed by atoms with E-state index in [1.54, 1.807) is 45.9 Å². The highest BCUT2D eigenvalue weighted by atomic mass is 35.5. The number of rotatable bonds is 8.